The summed E-state index contributed by atoms with van der Waals surface area (Å²) >= 11 is 0. The van der Waals surface area contributed by atoms with E-state index >= 15 is 0 Å². The van der Waals surface area contributed by atoms with Gasteiger partial charge in [-0.25, -0.2) is 0 Å². The van der Waals surface area contributed by atoms with Gasteiger partial charge in [0.25, 0.3) is 0 Å². The van der Waals surface area contributed by atoms with E-state index < -0.39 is 0 Å². The monoisotopic (exact) mass is 292 g/mol. The van der Waals surface area contributed by atoms with Crippen molar-refractivity contribution in [3.8, 4) is 0 Å². The molecule has 0 aromatic carbocycles. The first kappa shape index (κ1) is 28.1. The van der Waals surface area contributed by atoms with Gasteiger partial charge in [-0.15, -0.1) is 0 Å². The molecular formula is C16H44N4. The SMILES string of the molecule is C.C.C.C.CC1C(C)N(CCN)C(C)C(C)N1CCN. The molecule has 0 radical (unpaired) electrons. The number of nitrogens with two attached hydrogens (primary N) is 2. The molecule has 1 saturated heterocycles. The molecule has 0 aromatic heterocycles. The molecule has 0 saturated carbocycles. The van der Waals surface area contributed by atoms with Crippen molar-refractivity contribution in [1.29, 1.82) is 0 Å². The zero-order chi connectivity index (χ0) is 12.3. The van der Waals surface area contributed by atoms with Crippen LogP contribution in [0, 0.1) is 0 Å². The second-order valence-electron chi connectivity index (χ2n) is 5.02. The maximum atomic E-state index is 5.69. The van der Waals surface area contributed by atoms with E-state index in [0.29, 0.717) is 24.2 Å². The van der Waals surface area contributed by atoms with Gasteiger partial charge in [-0.3, -0.25) is 9.80 Å². The molecule has 4 atom stereocenters. The van der Waals surface area contributed by atoms with Crippen molar-refractivity contribution in [2.75, 3.05) is 26.2 Å². The van der Waals surface area contributed by atoms with Gasteiger partial charge in [0.1, 0.15) is 0 Å². The largest absolute Gasteiger partial charge is 0.329 e. The molecule has 4 unspecified atom stereocenters. The van der Waals surface area contributed by atoms with Gasteiger partial charge in [-0.2, -0.15) is 0 Å². The lowest BCUT2D eigenvalue weighted by atomic mass is 9.94. The van der Waals surface area contributed by atoms with Gasteiger partial charge in [0, 0.05) is 50.3 Å². The Kier molecular flexibility index (Phi) is 17.6. The molecule has 20 heavy (non-hydrogen) atoms. The highest BCUT2D eigenvalue weighted by Crippen LogP contribution is 2.25. The van der Waals surface area contributed by atoms with Crippen LogP contribution >= 0.6 is 0 Å². The van der Waals surface area contributed by atoms with Crippen LogP contribution in [-0.2, 0) is 0 Å². The molecule has 1 aliphatic heterocycles. The lowest BCUT2D eigenvalue weighted by Crippen LogP contribution is -2.66. The Hall–Kier alpha value is -0.160. The fraction of sp³-hybridized carbons (Fsp3) is 1.00. The maximum Gasteiger partial charge on any atom is 0.0224 e. The van der Waals surface area contributed by atoms with E-state index in [9.17, 15) is 0 Å². The second kappa shape index (κ2) is 12.6. The van der Waals surface area contributed by atoms with Gasteiger partial charge in [-0.05, 0) is 27.7 Å². The molecule has 1 rings (SSSR count). The van der Waals surface area contributed by atoms with Crippen LogP contribution in [0.1, 0.15) is 57.4 Å². The Balaban J connectivity index is -0.000000320. The third-order valence-corrected chi connectivity index (χ3v) is 4.26. The fourth-order valence-electron chi connectivity index (χ4n) is 2.96. The van der Waals surface area contributed by atoms with Crippen molar-refractivity contribution in [1.82, 2.24) is 9.80 Å². The summed E-state index contributed by atoms with van der Waals surface area (Å²) in [6.07, 6.45) is 0. The van der Waals surface area contributed by atoms with Crippen LogP contribution in [0.3, 0.4) is 0 Å². The standard InChI is InChI=1S/C12H28N4.4CH4/c1-9-10(2)16(8-6-14)12(4)11(3)15(9)7-5-13;;;;/h9-12H,5-8,13-14H2,1-4H3;4*1H4. The van der Waals surface area contributed by atoms with Crippen LogP contribution in [0.4, 0.5) is 0 Å². The Labute approximate surface area is 129 Å². The minimum absolute atomic E-state index is 0. The van der Waals surface area contributed by atoms with Gasteiger partial charge >= 0.3 is 0 Å². The number of hydrogen-bond acceptors (Lipinski definition) is 4. The number of nitrogens with zero attached hydrogens (tertiary/aromatic N) is 2. The summed E-state index contributed by atoms with van der Waals surface area (Å²) in [6.45, 7) is 12.7. The smallest absolute Gasteiger partial charge is 0.0224 e. The van der Waals surface area contributed by atoms with Gasteiger partial charge in [0.2, 0.25) is 0 Å². The van der Waals surface area contributed by atoms with Crippen molar-refractivity contribution in [2.45, 2.75) is 81.6 Å². The highest BCUT2D eigenvalue weighted by Gasteiger charge is 2.38. The van der Waals surface area contributed by atoms with E-state index in [2.05, 4.69) is 37.5 Å². The zero-order valence-corrected chi connectivity index (χ0v) is 11.2. The van der Waals surface area contributed by atoms with E-state index in [-0.39, 0.29) is 29.7 Å². The van der Waals surface area contributed by atoms with Crippen molar-refractivity contribution in [3.63, 3.8) is 0 Å². The van der Waals surface area contributed by atoms with Crippen LogP contribution in [-0.4, -0.2) is 60.1 Å². The van der Waals surface area contributed by atoms with Crippen molar-refractivity contribution in [2.24, 2.45) is 11.5 Å². The van der Waals surface area contributed by atoms with Crippen LogP contribution in [0.2, 0.25) is 0 Å². The molecule has 0 aliphatic carbocycles. The van der Waals surface area contributed by atoms with Crippen LogP contribution < -0.4 is 11.5 Å². The Bertz CT molecular complexity index is 173. The lowest BCUT2D eigenvalue weighted by Gasteiger charge is -2.52. The van der Waals surface area contributed by atoms with E-state index in [1.165, 1.54) is 0 Å². The topological polar surface area (TPSA) is 58.5 Å². The molecule has 128 valence electrons. The number of piperazine rings is 1. The average molecular weight is 293 g/mol. The van der Waals surface area contributed by atoms with E-state index in [1.54, 1.807) is 0 Å². The second-order valence-corrected chi connectivity index (χ2v) is 5.02. The normalized spacial score (nSPS) is 30.3. The first-order chi connectivity index (χ1) is 7.54. The lowest BCUT2D eigenvalue weighted by molar-refractivity contribution is -0.0365. The quantitative estimate of drug-likeness (QED) is 0.836. The molecule has 0 amide bonds. The third-order valence-electron chi connectivity index (χ3n) is 4.26. The molecule has 4 nitrogen and oxygen atoms in total. The molecule has 0 aromatic rings. The highest BCUT2D eigenvalue weighted by atomic mass is 15.3. The molecule has 0 spiro atoms. The summed E-state index contributed by atoms with van der Waals surface area (Å²) in [5, 5.41) is 0. The fourth-order valence-corrected chi connectivity index (χ4v) is 2.96. The van der Waals surface area contributed by atoms with Crippen LogP contribution in [0.5, 0.6) is 0 Å². The summed E-state index contributed by atoms with van der Waals surface area (Å²) in [7, 11) is 0. The molecule has 0 bridgehead atoms. The van der Waals surface area contributed by atoms with Crippen LogP contribution in [0.15, 0.2) is 0 Å². The van der Waals surface area contributed by atoms with Gasteiger partial charge in [0.15, 0.2) is 0 Å². The highest BCUT2D eigenvalue weighted by molar-refractivity contribution is 4.95. The minimum Gasteiger partial charge on any atom is -0.329 e. The Morgan fingerprint density at radius 2 is 0.800 bits per heavy atom. The predicted octanol–water partition coefficient (Wildman–Crippen LogP) is 2.62. The molecule has 4 heteroatoms. The van der Waals surface area contributed by atoms with Crippen molar-refractivity contribution in [3.05, 3.63) is 0 Å². The van der Waals surface area contributed by atoms with E-state index in [1.807, 2.05) is 0 Å². The Morgan fingerprint density at radius 1 is 0.600 bits per heavy atom. The van der Waals surface area contributed by atoms with Gasteiger partial charge < -0.3 is 11.5 Å². The summed E-state index contributed by atoms with van der Waals surface area (Å²) in [4.78, 5) is 5.06. The molecule has 4 N–H and O–H groups in total. The van der Waals surface area contributed by atoms with Crippen molar-refractivity contribution < 1.29 is 0 Å². The van der Waals surface area contributed by atoms with Gasteiger partial charge in [-0.1, -0.05) is 29.7 Å². The van der Waals surface area contributed by atoms with E-state index in [0.717, 1.165) is 26.2 Å². The zero-order valence-electron chi connectivity index (χ0n) is 11.2. The van der Waals surface area contributed by atoms with Crippen molar-refractivity contribution >= 4 is 0 Å². The molecular weight excluding hydrogens is 248 g/mol. The molecule has 1 aliphatic rings. The van der Waals surface area contributed by atoms with Crippen LogP contribution in [0.25, 0.3) is 0 Å². The third kappa shape index (κ3) is 5.68. The molecule has 1 fully saturated rings. The summed E-state index contributed by atoms with van der Waals surface area (Å²) in [5.41, 5.74) is 11.4. The predicted molar refractivity (Wildman–Crippen MR) is 96.3 cm³/mol. The summed E-state index contributed by atoms with van der Waals surface area (Å²) in [6, 6.07) is 2.23. The number of rotatable bonds is 4. The summed E-state index contributed by atoms with van der Waals surface area (Å²) < 4.78 is 0. The average Bonchev–Trinajstić information content (AvgIpc) is 2.28. The van der Waals surface area contributed by atoms with Gasteiger partial charge in [0.05, 0.1) is 0 Å². The minimum atomic E-state index is 0. The Morgan fingerprint density at radius 3 is 0.950 bits per heavy atom. The first-order valence-electron chi connectivity index (χ1n) is 6.46. The molecule has 1 heterocycles. The maximum absolute atomic E-state index is 5.69. The first-order valence-corrected chi connectivity index (χ1v) is 6.46. The number of hydrogen-bond donors (Lipinski definition) is 2. The summed E-state index contributed by atoms with van der Waals surface area (Å²) in [5.74, 6) is 0. The van der Waals surface area contributed by atoms with E-state index in [4.69, 9.17) is 11.5 Å².